The lowest BCUT2D eigenvalue weighted by molar-refractivity contribution is 0.508. The Hall–Kier alpha value is -2.42. The van der Waals surface area contributed by atoms with Gasteiger partial charge in [-0.1, -0.05) is 68.4 Å². The van der Waals surface area contributed by atoms with E-state index in [1.54, 1.807) is 12.7 Å². The Morgan fingerprint density at radius 1 is 1.03 bits per heavy atom. The number of aliphatic imine (C=N–C) groups is 1. The van der Waals surface area contributed by atoms with Crippen LogP contribution in [0.5, 0.6) is 0 Å². The third-order valence-electron chi connectivity index (χ3n) is 4.82. The number of hydrogen-bond donors (Lipinski definition) is 2. The second-order valence-corrected chi connectivity index (χ2v) is 7.71. The zero-order valence-corrected chi connectivity index (χ0v) is 20.2. The van der Waals surface area contributed by atoms with Gasteiger partial charge in [0, 0.05) is 18.5 Å². The number of nitrogens with one attached hydrogen (secondary N) is 2. The number of benzene rings is 2. The standard InChI is InChI=1S/C23H30N6.HI/c1-4-25-22(27-16-23(2,3)21-11-6-5-7-12-21)26-14-19-9-8-10-20(13-19)15-29-18-24-17-28-29;/h5-13,17-18H,4,14-16H2,1-3H3,(H2,25,26,27);1H. The molecular weight excluding hydrogens is 487 g/mol. The third kappa shape index (κ3) is 7.12. The van der Waals surface area contributed by atoms with Crippen LogP contribution in [0.4, 0.5) is 0 Å². The SMILES string of the molecule is CCNC(=NCc1cccc(Cn2cncn2)c1)NCC(C)(C)c1ccccc1.I. The number of rotatable bonds is 8. The molecule has 0 saturated heterocycles. The largest absolute Gasteiger partial charge is 0.357 e. The summed E-state index contributed by atoms with van der Waals surface area (Å²) in [5.74, 6) is 0.832. The minimum Gasteiger partial charge on any atom is -0.357 e. The molecule has 0 saturated carbocycles. The lowest BCUT2D eigenvalue weighted by atomic mass is 9.85. The number of nitrogens with zero attached hydrogens (tertiary/aromatic N) is 4. The molecule has 0 aliphatic carbocycles. The normalized spacial score (nSPS) is 11.6. The molecule has 1 aromatic heterocycles. The van der Waals surface area contributed by atoms with E-state index in [4.69, 9.17) is 4.99 Å². The fraction of sp³-hybridized carbons (Fsp3) is 0.348. The van der Waals surface area contributed by atoms with E-state index >= 15 is 0 Å². The molecule has 3 aromatic rings. The van der Waals surface area contributed by atoms with Crippen LogP contribution in [0.3, 0.4) is 0 Å². The molecule has 0 amide bonds. The van der Waals surface area contributed by atoms with Crippen molar-refractivity contribution in [1.29, 1.82) is 0 Å². The first-order chi connectivity index (χ1) is 14.1. The number of guanidine groups is 1. The minimum absolute atomic E-state index is 0. The van der Waals surface area contributed by atoms with Crippen LogP contribution in [0.1, 0.15) is 37.5 Å². The fourth-order valence-electron chi connectivity index (χ4n) is 3.14. The fourth-order valence-corrected chi connectivity index (χ4v) is 3.14. The highest BCUT2D eigenvalue weighted by Crippen LogP contribution is 2.21. The summed E-state index contributed by atoms with van der Waals surface area (Å²) in [6, 6.07) is 19.0. The van der Waals surface area contributed by atoms with Crippen molar-refractivity contribution in [2.24, 2.45) is 4.99 Å². The van der Waals surface area contributed by atoms with Crippen molar-refractivity contribution in [1.82, 2.24) is 25.4 Å². The van der Waals surface area contributed by atoms with Crippen LogP contribution in [-0.4, -0.2) is 33.8 Å². The molecule has 0 bridgehead atoms. The van der Waals surface area contributed by atoms with Gasteiger partial charge in [-0.05, 0) is 23.6 Å². The summed E-state index contributed by atoms with van der Waals surface area (Å²) >= 11 is 0. The van der Waals surface area contributed by atoms with Gasteiger partial charge in [0.05, 0.1) is 13.1 Å². The molecule has 6 nitrogen and oxygen atoms in total. The maximum Gasteiger partial charge on any atom is 0.191 e. The average molecular weight is 518 g/mol. The Labute approximate surface area is 196 Å². The van der Waals surface area contributed by atoms with Gasteiger partial charge in [-0.25, -0.2) is 14.7 Å². The van der Waals surface area contributed by atoms with Crippen molar-refractivity contribution in [3.63, 3.8) is 0 Å². The van der Waals surface area contributed by atoms with Gasteiger partial charge < -0.3 is 10.6 Å². The van der Waals surface area contributed by atoms with Crippen molar-refractivity contribution in [3.8, 4) is 0 Å². The molecule has 0 aliphatic rings. The van der Waals surface area contributed by atoms with Gasteiger partial charge >= 0.3 is 0 Å². The summed E-state index contributed by atoms with van der Waals surface area (Å²) in [7, 11) is 0. The van der Waals surface area contributed by atoms with Crippen LogP contribution < -0.4 is 10.6 Å². The molecule has 0 spiro atoms. The Morgan fingerprint density at radius 3 is 2.50 bits per heavy atom. The van der Waals surface area contributed by atoms with Crippen LogP contribution in [-0.2, 0) is 18.5 Å². The monoisotopic (exact) mass is 518 g/mol. The zero-order valence-electron chi connectivity index (χ0n) is 17.9. The molecular formula is C23H31IN6. The van der Waals surface area contributed by atoms with Crippen LogP contribution in [0.25, 0.3) is 0 Å². The van der Waals surface area contributed by atoms with E-state index in [0.717, 1.165) is 19.0 Å². The average Bonchev–Trinajstić information content (AvgIpc) is 3.24. The summed E-state index contributed by atoms with van der Waals surface area (Å²) < 4.78 is 1.82. The predicted molar refractivity (Wildman–Crippen MR) is 133 cm³/mol. The van der Waals surface area contributed by atoms with Crippen molar-refractivity contribution < 1.29 is 0 Å². The van der Waals surface area contributed by atoms with Gasteiger partial charge in [0.2, 0.25) is 0 Å². The lowest BCUT2D eigenvalue weighted by Crippen LogP contribution is -2.43. The van der Waals surface area contributed by atoms with E-state index in [1.165, 1.54) is 16.7 Å². The maximum atomic E-state index is 4.78. The highest BCUT2D eigenvalue weighted by molar-refractivity contribution is 14.0. The van der Waals surface area contributed by atoms with Gasteiger partial charge in [-0.15, -0.1) is 24.0 Å². The number of halogens is 1. The predicted octanol–water partition coefficient (Wildman–Crippen LogP) is 3.98. The highest BCUT2D eigenvalue weighted by Gasteiger charge is 2.20. The van der Waals surface area contributed by atoms with Crippen LogP contribution in [0.2, 0.25) is 0 Å². The Balaban J connectivity index is 0.00000320. The van der Waals surface area contributed by atoms with Crippen molar-refractivity contribution >= 4 is 29.9 Å². The van der Waals surface area contributed by atoms with Crippen molar-refractivity contribution in [2.45, 2.75) is 39.3 Å². The lowest BCUT2D eigenvalue weighted by Gasteiger charge is -2.26. The first-order valence-corrected chi connectivity index (χ1v) is 10.0. The first-order valence-electron chi connectivity index (χ1n) is 10.0. The molecule has 0 aliphatic heterocycles. The van der Waals surface area contributed by atoms with E-state index in [9.17, 15) is 0 Å². The highest BCUT2D eigenvalue weighted by atomic mass is 127. The Bertz CT molecular complexity index is 906. The summed E-state index contributed by atoms with van der Waals surface area (Å²) in [5, 5.41) is 11.0. The van der Waals surface area contributed by atoms with E-state index in [1.807, 2.05) is 4.68 Å². The smallest absolute Gasteiger partial charge is 0.191 e. The zero-order chi connectivity index (χ0) is 20.5. The first kappa shape index (κ1) is 23.9. The second kappa shape index (κ2) is 11.7. The maximum absolute atomic E-state index is 4.78. The van der Waals surface area contributed by atoms with Crippen LogP contribution in [0.15, 0.2) is 72.2 Å². The molecule has 0 fully saturated rings. The molecule has 30 heavy (non-hydrogen) atoms. The summed E-state index contributed by atoms with van der Waals surface area (Å²) in [5.41, 5.74) is 3.67. The number of aromatic nitrogens is 3. The van der Waals surface area contributed by atoms with E-state index in [0.29, 0.717) is 13.1 Å². The topological polar surface area (TPSA) is 67.1 Å². The quantitative estimate of drug-likeness (QED) is 0.269. The molecule has 2 N–H and O–H groups in total. The van der Waals surface area contributed by atoms with Gasteiger partial charge in [-0.2, -0.15) is 5.10 Å². The molecule has 160 valence electrons. The third-order valence-corrected chi connectivity index (χ3v) is 4.82. The van der Waals surface area contributed by atoms with E-state index in [-0.39, 0.29) is 29.4 Å². The molecule has 0 radical (unpaired) electrons. The molecule has 3 rings (SSSR count). The van der Waals surface area contributed by atoms with Gasteiger partial charge in [0.25, 0.3) is 0 Å². The summed E-state index contributed by atoms with van der Waals surface area (Å²) in [6.07, 6.45) is 3.28. The molecule has 1 heterocycles. The summed E-state index contributed by atoms with van der Waals surface area (Å²) in [4.78, 5) is 8.77. The van der Waals surface area contributed by atoms with Gasteiger partial charge in [0.1, 0.15) is 12.7 Å². The van der Waals surface area contributed by atoms with Gasteiger partial charge in [0.15, 0.2) is 5.96 Å². The van der Waals surface area contributed by atoms with Crippen molar-refractivity contribution in [3.05, 3.63) is 83.9 Å². The second-order valence-electron chi connectivity index (χ2n) is 7.71. The van der Waals surface area contributed by atoms with Crippen LogP contribution >= 0.6 is 24.0 Å². The minimum atomic E-state index is 0. The Kier molecular flexibility index (Phi) is 9.29. The molecule has 0 atom stereocenters. The molecule has 0 unspecified atom stereocenters. The van der Waals surface area contributed by atoms with Gasteiger partial charge in [-0.3, -0.25) is 0 Å². The van der Waals surface area contributed by atoms with E-state index < -0.39 is 0 Å². The molecule has 2 aromatic carbocycles. The molecule has 7 heteroatoms. The summed E-state index contributed by atoms with van der Waals surface area (Å²) in [6.45, 7) is 9.52. The van der Waals surface area contributed by atoms with Crippen molar-refractivity contribution in [2.75, 3.05) is 13.1 Å². The van der Waals surface area contributed by atoms with E-state index in [2.05, 4.69) is 96.1 Å². The van der Waals surface area contributed by atoms with Crippen LogP contribution in [0, 0.1) is 0 Å². The number of hydrogen-bond acceptors (Lipinski definition) is 3. The Morgan fingerprint density at radius 2 is 1.80 bits per heavy atom.